The summed E-state index contributed by atoms with van der Waals surface area (Å²) in [6, 6.07) is 6.54. The number of hydrogen-bond donors (Lipinski definition) is 1. The van der Waals surface area contributed by atoms with E-state index in [9.17, 15) is 5.11 Å². The molecule has 134 valence electrons. The van der Waals surface area contributed by atoms with E-state index in [0.717, 1.165) is 71.0 Å². The van der Waals surface area contributed by atoms with Gasteiger partial charge in [0.25, 0.3) is 0 Å². The van der Waals surface area contributed by atoms with Crippen molar-refractivity contribution in [3.63, 3.8) is 0 Å². The van der Waals surface area contributed by atoms with E-state index in [2.05, 4.69) is 47.0 Å². The van der Waals surface area contributed by atoms with Crippen LogP contribution < -0.4 is 4.74 Å². The Morgan fingerprint density at radius 1 is 1.25 bits per heavy atom. The van der Waals surface area contributed by atoms with E-state index in [4.69, 9.17) is 4.74 Å². The summed E-state index contributed by atoms with van der Waals surface area (Å²) in [5, 5.41) is 10.3. The van der Waals surface area contributed by atoms with E-state index in [-0.39, 0.29) is 6.10 Å². The lowest BCUT2D eigenvalue weighted by atomic mass is 10.1. The lowest BCUT2D eigenvalue weighted by Crippen LogP contribution is -2.48. The molecule has 0 radical (unpaired) electrons. The summed E-state index contributed by atoms with van der Waals surface area (Å²) in [5.41, 5.74) is 2.70. The molecule has 0 spiro atoms. The zero-order valence-electron chi connectivity index (χ0n) is 15.1. The highest BCUT2D eigenvalue weighted by molar-refractivity contribution is 5.39. The summed E-state index contributed by atoms with van der Waals surface area (Å²) in [4.78, 5) is 6.96. The number of nitrogens with zero attached hydrogens (tertiary/aromatic N) is 3. The zero-order chi connectivity index (χ0) is 16.9. The monoisotopic (exact) mass is 333 g/mol. The lowest BCUT2D eigenvalue weighted by molar-refractivity contribution is 0.0610. The van der Waals surface area contributed by atoms with E-state index >= 15 is 0 Å². The van der Waals surface area contributed by atoms with Crippen LogP contribution in [-0.4, -0.2) is 92.4 Å². The fourth-order valence-corrected chi connectivity index (χ4v) is 3.55. The van der Waals surface area contributed by atoms with Crippen LogP contribution in [0, 0.1) is 0 Å². The third-order valence-electron chi connectivity index (χ3n) is 5.12. The summed E-state index contributed by atoms with van der Waals surface area (Å²) in [7, 11) is 4.26. The van der Waals surface area contributed by atoms with E-state index in [1.807, 2.05) is 0 Å². The van der Waals surface area contributed by atoms with Crippen LogP contribution in [0.15, 0.2) is 18.2 Å². The Kier molecular flexibility index (Phi) is 6.11. The molecule has 0 bridgehead atoms. The van der Waals surface area contributed by atoms with Gasteiger partial charge in [-0.25, -0.2) is 0 Å². The molecular formula is C19H31N3O2. The van der Waals surface area contributed by atoms with Crippen molar-refractivity contribution in [3.8, 4) is 5.75 Å². The Morgan fingerprint density at radius 2 is 2.04 bits per heavy atom. The second kappa shape index (κ2) is 8.30. The predicted molar refractivity (Wildman–Crippen MR) is 96.8 cm³/mol. The van der Waals surface area contributed by atoms with Gasteiger partial charge in [0.05, 0.1) is 12.7 Å². The van der Waals surface area contributed by atoms with Gasteiger partial charge in [0.2, 0.25) is 0 Å². The topological polar surface area (TPSA) is 39.2 Å². The zero-order valence-corrected chi connectivity index (χ0v) is 15.1. The molecule has 24 heavy (non-hydrogen) atoms. The maximum Gasteiger partial charge on any atom is 0.122 e. The minimum atomic E-state index is -0.271. The average Bonchev–Trinajstić information content (AvgIpc) is 3.02. The molecule has 3 rings (SSSR count). The quantitative estimate of drug-likeness (QED) is 0.795. The molecule has 1 atom stereocenters. The minimum Gasteiger partial charge on any atom is -0.493 e. The smallest absolute Gasteiger partial charge is 0.122 e. The van der Waals surface area contributed by atoms with Crippen molar-refractivity contribution in [3.05, 3.63) is 29.3 Å². The van der Waals surface area contributed by atoms with Crippen LogP contribution in [0.1, 0.15) is 11.1 Å². The number of piperazine rings is 1. The first-order chi connectivity index (χ1) is 11.6. The maximum atomic E-state index is 10.3. The van der Waals surface area contributed by atoms with Crippen LogP contribution >= 0.6 is 0 Å². The van der Waals surface area contributed by atoms with Gasteiger partial charge in [-0.2, -0.15) is 0 Å². The molecule has 5 nitrogen and oxygen atoms in total. The van der Waals surface area contributed by atoms with Crippen molar-refractivity contribution in [2.75, 3.05) is 66.5 Å². The Bertz CT molecular complexity index is 529. The molecule has 0 amide bonds. The van der Waals surface area contributed by atoms with Crippen LogP contribution in [0.3, 0.4) is 0 Å². The second-order valence-corrected chi connectivity index (χ2v) is 7.31. The normalized spacial score (nSPS) is 20.2. The summed E-state index contributed by atoms with van der Waals surface area (Å²) < 4.78 is 5.56. The third-order valence-corrected chi connectivity index (χ3v) is 5.12. The van der Waals surface area contributed by atoms with Gasteiger partial charge in [0.1, 0.15) is 5.75 Å². The standard InChI is InChI=1S/C19H31N3O2/c1-20-8-10-22(11-9-20)15-18(23)14-21(2)7-5-16-3-4-19-17(13-16)6-12-24-19/h3-4,13,18,23H,5-12,14-15H2,1-2H3. The first-order valence-electron chi connectivity index (χ1n) is 9.12. The minimum absolute atomic E-state index is 0.271. The maximum absolute atomic E-state index is 10.3. The number of hydrogen-bond acceptors (Lipinski definition) is 5. The molecule has 0 aromatic heterocycles. The van der Waals surface area contributed by atoms with Gasteiger partial charge in [-0.15, -0.1) is 0 Å². The van der Waals surface area contributed by atoms with Crippen molar-refractivity contribution in [2.45, 2.75) is 18.9 Å². The Labute approximate surface area is 145 Å². The summed E-state index contributed by atoms with van der Waals surface area (Å²) >= 11 is 0. The number of benzene rings is 1. The molecular weight excluding hydrogens is 302 g/mol. The van der Waals surface area contributed by atoms with Crippen molar-refractivity contribution in [1.82, 2.24) is 14.7 Å². The predicted octanol–water partition coefficient (Wildman–Crippen LogP) is 0.704. The van der Waals surface area contributed by atoms with Crippen molar-refractivity contribution in [2.24, 2.45) is 0 Å². The summed E-state index contributed by atoms with van der Waals surface area (Å²) in [5.74, 6) is 1.05. The van der Waals surface area contributed by atoms with E-state index in [1.165, 1.54) is 11.1 Å². The SMILES string of the molecule is CN1CCN(CC(O)CN(C)CCc2ccc3c(c2)CCO3)CC1. The number of aliphatic hydroxyl groups is 1. The van der Waals surface area contributed by atoms with E-state index in [0.29, 0.717) is 0 Å². The lowest BCUT2D eigenvalue weighted by Gasteiger charge is -2.34. The number of ether oxygens (including phenoxy) is 1. The summed E-state index contributed by atoms with van der Waals surface area (Å²) in [6.45, 7) is 7.64. The van der Waals surface area contributed by atoms with Gasteiger partial charge >= 0.3 is 0 Å². The fourth-order valence-electron chi connectivity index (χ4n) is 3.55. The van der Waals surface area contributed by atoms with Crippen LogP contribution in [0.4, 0.5) is 0 Å². The van der Waals surface area contributed by atoms with Gasteiger partial charge < -0.3 is 19.6 Å². The van der Waals surface area contributed by atoms with Gasteiger partial charge in [0.15, 0.2) is 0 Å². The Morgan fingerprint density at radius 3 is 2.83 bits per heavy atom. The second-order valence-electron chi connectivity index (χ2n) is 7.31. The molecule has 1 aromatic rings. The van der Waals surface area contributed by atoms with Crippen molar-refractivity contribution >= 4 is 0 Å². The molecule has 2 aliphatic heterocycles. The molecule has 2 aliphatic rings. The number of fused-ring (bicyclic) bond motifs is 1. The molecule has 0 saturated carbocycles. The first kappa shape index (κ1) is 17.7. The first-order valence-corrected chi connectivity index (χ1v) is 9.12. The van der Waals surface area contributed by atoms with Crippen molar-refractivity contribution in [1.29, 1.82) is 0 Å². The van der Waals surface area contributed by atoms with Crippen LogP contribution in [-0.2, 0) is 12.8 Å². The average molecular weight is 333 g/mol. The number of rotatable bonds is 7. The van der Waals surface area contributed by atoms with Crippen molar-refractivity contribution < 1.29 is 9.84 Å². The molecule has 1 fully saturated rings. The molecule has 1 unspecified atom stereocenters. The highest BCUT2D eigenvalue weighted by Gasteiger charge is 2.18. The van der Waals surface area contributed by atoms with Gasteiger partial charge in [0, 0.05) is 52.2 Å². The van der Waals surface area contributed by atoms with E-state index < -0.39 is 0 Å². The summed E-state index contributed by atoms with van der Waals surface area (Å²) in [6.07, 6.45) is 1.78. The van der Waals surface area contributed by atoms with Crippen LogP contribution in [0.2, 0.25) is 0 Å². The highest BCUT2D eigenvalue weighted by atomic mass is 16.5. The van der Waals surface area contributed by atoms with Crippen LogP contribution in [0.25, 0.3) is 0 Å². The number of likely N-dealkylation sites (N-methyl/N-ethyl adjacent to an activating group) is 2. The van der Waals surface area contributed by atoms with Crippen LogP contribution in [0.5, 0.6) is 5.75 Å². The van der Waals surface area contributed by atoms with Gasteiger partial charge in [-0.3, -0.25) is 4.90 Å². The highest BCUT2D eigenvalue weighted by Crippen LogP contribution is 2.26. The number of aliphatic hydroxyl groups excluding tert-OH is 1. The molecule has 1 saturated heterocycles. The Balaban J connectivity index is 1.38. The fraction of sp³-hybridized carbons (Fsp3) is 0.684. The molecule has 2 heterocycles. The van der Waals surface area contributed by atoms with Gasteiger partial charge in [-0.1, -0.05) is 12.1 Å². The molecule has 1 aromatic carbocycles. The number of β-amino-alcohol motifs (C(OH)–C–C–N with tert-alkyl or cyclic N) is 1. The largest absolute Gasteiger partial charge is 0.493 e. The third kappa shape index (κ3) is 4.93. The Hall–Kier alpha value is -1.14. The molecule has 0 aliphatic carbocycles. The van der Waals surface area contributed by atoms with E-state index in [1.54, 1.807) is 0 Å². The molecule has 1 N–H and O–H groups in total. The van der Waals surface area contributed by atoms with Gasteiger partial charge in [-0.05, 0) is 37.7 Å². The molecule has 5 heteroatoms.